The number of aliphatic hydroxyl groups excluding tert-OH is 1. The highest BCUT2D eigenvalue weighted by atomic mass is 19.4. The minimum atomic E-state index is -4.33. The van der Waals surface area contributed by atoms with E-state index in [1.165, 1.54) is 12.1 Å². The number of nitrogens with one attached hydrogen (secondary N) is 1. The topological polar surface area (TPSA) is 32.3 Å². The predicted molar refractivity (Wildman–Crippen MR) is 54.8 cm³/mol. The largest absolute Gasteiger partial charge is 0.416 e. The van der Waals surface area contributed by atoms with E-state index in [2.05, 4.69) is 5.32 Å². The molecule has 2 nitrogen and oxygen atoms in total. The van der Waals surface area contributed by atoms with Crippen molar-refractivity contribution in [2.45, 2.75) is 25.7 Å². The summed E-state index contributed by atoms with van der Waals surface area (Å²) in [6.45, 7) is 1.94. The van der Waals surface area contributed by atoms with Gasteiger partial charge in [-0.3, -0.25) is 0 Å². The van der Waals surface area contributed by atoms with Gasteiger partial charge in [-0.1, -0.05) is 18.2 Å². The van der Waals surface area contributed by atoms with Crippen LogP contribution in [0.15, 0.2) is 24.3 Å². The molecule has 1 aromatic carbocycles. The molecule has 0 aliphatic carbocycles. The smallest absolute Gasteiger partial charge is 0.392 e. The summed E-state index contributed by atoms with van der Waals surface area (Å²) in [5.41, 5.74) is -0.441. The number of rotatable bonds is 4. The van der Waals surface area contributed by atoms with Gasteiger partial charge in [-0.2, -0.15) is 13.2 Å². The Hall–Kier alpha value is -1.07. The van der Waals surface area contributed by atoms with Crippen LogP contribution < -0.4 is 5.32 Å². The summed E-state index contributed by atoms with van der Waals surface area (Å²) in [6.07, 6.45) is -4.90. The molecule has 0 heterocycles. The van der Waals surface area contributed by atoms with Crippen molar-refractivity contribution in [3.63, 3.8) is 0 Å². The molecule has 5 heteroatoms. The molecule has 0 fully saturated rings. The molecular formula is C11H14F3NO. The Balaban J connectivity index is 2.72. The quantitative estimate of drug-likeness (QED) is 0.835. The molecule has 0 aliphatic heterocycles. The minimum Gasteiger partial charge on any atom is -0.392 e. The Labute approximate surface area is 92.1 Å². The van der Waals surface area contributed by atoms with E-state index in [0.29, 0.717) is 0 Å². The molecule has 1 rings (SSSR count). The van der Waals surface area contributed by atoms with Gasteiger partial charge in [-0.05, 0) is 18.6 Å². The normalized spacial score (nSPS) is 13.8. The zero-order chi connectivity index (χ0) is 12.2. The summed E-state index contributed by atoms with van der Waals surface area (Å²) in [7, 11) is 0. The minimum absolute atomic E-state index is 0.0978. The standard InChI is InChI=1S/C11H14F3NO/c1-8(16)6-15-7-9-4-2-3-5-10(9)11(12,13)14/h2-5,8,15-16H,6-7H2,1H3/t8-/m0/s1. The molecule has 0 radical (unpaired) electrons. The lowest BCUT2D eigenvalue weighted by atomic mass is 10.1. The van der Waals surface area contributed by atoms with E-state index < -0.39 is 17.8 Å². The van der Waals surface area contributed by atoms with Crippen molar-refractivity contribution >= 4 is 0 Å². The third kappa shape index (κ3) is 3.83. The van der Waals surface area contributed by atoms with Crippen molar-refractivity contribution in [3.8, 4) is 0 Å². The number of benzene rings is 1. The van der Waals surface area contributed by atoms with E-state index in [0.717, 1.165) is 6.07 Å². The van der Waals surface area contributed by atoms with Crippen molar-refractivity contribution in [1.82, 2.24) is 5.32 Å². The summed E-state index contributed by atoms with van der Waals surface area (Å²) in [6, 6.07) is 5.41. The first-order valence-electron chi connectivity index (χ1n) is 4.95. The van der Waals surface area contributed by atoms with Gasteiger partial charge in [0, 0.05) is 13.1 Å². The zero-order valence-corrected chi connectivity index (χ0v) is 8.88. The first-order chi connectivity index (χ1) is 7.41. The second kappa shape index (κ2) is 5.32. The predicted octanol–water partition coefficient (Wildman–Crippen LogP) is 2.18. The maximum absolute atomic E-state index is 12.6. The summed E-state index contributed by atoms with van der Waals surface area (Å²) in [4.78, 5) is 0. The number of hydrogen-bond acceptors (Lipinski definition) is 2. The Kier molecular flexibility index (Phi) is 4.32. The van der Waals surface area contributed by atoms with E-state index >= 15 is 0 Å². The first kappa shape index (κ1) is 13.0. The molecule has 16 heavy (non-hydrogen) atoms. The van der Waals surface area contributed by atoms with Crippen molar-refractivity contribution in [2.24, 2.45) is 0 Å². The molecule has 1 aromatic rings. The molecule has 1 atom stereocenters. The van der Waals surface area contributed by atoms with Crippen LogP contribution in [0, 0.1) is 0 Å². The van der Waals surface area contributed by atoms with Crippen LogP contribution in [-0.4, -0.2) is 17.8 Å². The van der Waals surface area contributed by atoms with Gasteiger partial charge in [-0.25, -0.2) is 0 Å². The Bertz CT molecular complexity index is 336. The first-order valence-corrected chi connectivity index (χ1v) is 4.95. The SMILES string of the molecule is C[C@H](O)CNCc1ccccc1C(F)(F)F. The van der Waals surface area contributed by atoms with Crippen LogP contribution in [0.5, 0.6) is 0 Å². The third-order valence-corrected chi connectivity index (χ3v) is 2.08. The molecule has 0 aliphatic rings. The van der Waals surface area contributed by atoms with Crippen LogP contribution >= 0.6 is 0 Å². The fraction of sp³-hybridized carbons (Fsp3) is 0.455. The van der Waals surface area contributed by atoms with E-state index in [9.17, 15) is 13.2 Å². The molecule has 90 valence electrons. The number of halogens is 3. The second-order valence-corrected chi connectivity index (χ2v) is 3.63. The van der Waals surface area contributed by atoms with Crippen LogP contribution in [0.4, 0.5) is 13.2 Å². The number of aliphatic hydroxyl groups is 1. The molecule has 0 saturated heterocycles. The lowest BCUT2D eigenvalue weighted by Crippen LogP contribution is -2.25. The number of alkyl halides is 3. The molecule has 0 unspecified atom stereocenters. The third-order valence-electron chi connectivity index (χ3n) is 2.08. The highest BCUT2D eigenvalue weighted by molar-refractivity contribution is 5.29. The summed E-state index contributed by atoms with van der Waals surface area (Å²) in [5, 5.41) is 11.7. The van der Waals surface area contributed by atoms with Gasteiger partial charge in [0.15, 0.2) is 0 Å². The maximum Gasteiger partial charge on any atom is 0.416 e. The van der Waals surface area contributed by atoms with Crippen LogP contribution in [0.2, 0.25) is 0 Å². The van der Waals surface area contributed by atoms with Gasteiger partial charge in [0.2, 0.25) is 0 Å². The van der Waals surface area contributed by atoms with Gasteiger partial charge in [0.05, 0.1) is 11.7 Å². The van der Waals surface area contributed by atoms with Crippen LogP contribution in [-0.2, 0) is 12.7 Å². The van der Waals surface area contributed by atoms with Crippen LogP contribution in [0.25, 0.3) is 0 Å². The monoisotopic (exact) mass is 233 g/mol. The van der Waals surface area contributed by atoms with Gasteiger partial charge in [0.1, 0.15) is 0 Å². The Morgan fingerprint density at radius 2 is 1.94 bits per heavy atom. The fourth-order valence-electron chi connectivity index (χ4n) is 1.37. The van der Waals surface area contributed by atoms with Crippen molar-refractivity contribution < 1.29 is 18.3 Å². The average molecular weight is 233 g/mol. The molecule has 0 bridgehead atoms. The highest BCUT2D eigenvalue weighted by Crippen LogP contribution is 2.31. The summed E-state index contributed by atoms with van der Waals surface area (Å²) in [5.74, 6) is 0. The van der Waals surface area contributed by atoms with Crippen LogP contribution in [0.3, 0.4) is 0 Å². The summed E-state index contributed by atoms with van der Waals surface area (Å²) >= 11 is 0. The molecular weight excluding hydrogens is 219 g/mol. The fourth-order valence-corrected chi connectivity index (χ4v) is 1.37. The van der Waals surface area contributed by atoms with Gasteiger partial charge >= 0.3 is 6.18 Å². The van der Waals surface area contributed by atoms with Gasteiger partial charge in [0.25, 0.3) is 0 Å². The molecule has 0 saturated carbocycles. The Morgan fingerprint density at radius 1 is 1.31 bits per heavy atom. The van der Waals surface area contributed by atoms with E-state index in [-0.39, 0.29) is 18.7 Å². The summed E-state index contributed by atoms with van der Waals surface area (Å²) < 4.78 is 37.7. The second-order valence-electron chi connectivity index (χ2n) is 3.63. The average Bonchev–Trinajstić information content (AvgIpc) is 2.16. The highest BCUT2D eigenvalue weighted by Gasteiger charge is 2.32. The van der Waals surface area contributed by atoms with Crippen LogP contribution in [0.1, 0.15) is 18.1 Å². The van der Waals surface area contributed by atoms with E-state index in [1.54, 1.807) is 13.0 Å². The Morgan fingerprint density at radius 3 is 2.50 bits per heavy atom. The number of hydrogen-bond donors (Lipinski definition) is 2. The maximum atomic E-state index is 12.6. The van der Waals surface area contributed by atoms with E-state index in [1.807, 2.05) is 0 Å². The van der Waals surface area contributed by atoms with E-state index in [4.69, 9.17) is 5.11 Å². The molecule has 2 N–H and O–H groups in total. The van der Waals surface area contributed by atoms with Crippen molar-refractivity contribution in [1.29, 1.82) is 0 Å². The van der Waals surface area contributed by atoms with Gasteiger partial charge in [-0.15, -0.1) is 0 Å². The van der Waals surface area contributed by atoms with Gasteiger partial charge < -0.3 is 10.4 Å². The van der Waals surface area contributed by atoms with Crippen molar-refractivity contribution in [2.75, 3.05) is 6.54 Å². The lowest BCUT2D eigenvalue weighted by molar-refractivity contribution is -0.138. The molecule has 0 spiro atoms. The zero-order valence-electron chi connectivity index (χ0n) is 8.88. The molecule has 0 amide bonds. The van der Waals surface area contributed by atoms with Crippen molar-refractivity contribution in [3.05, 3.63) is 35.4 Å². The molecule has 0 aromatic heterocycles. The lowest BCUT2D eigenvalue weighted by Gasteiger charge is -2.13.